The lowest BCUT2D eigenvalue weighted by Gasteiger charge is -2.39. The van der Waals surface area contributed by atoms with Crippen molar-refractivity contribution in [3.8, 4) is 0 Å². The van der Waals surface area contributed by atoms with Gasteiger partial charge in [0, 0.05) is 26.4 Å². The highest BCUT2D eigenvalue weighted by Crippen LogP contribution is 2.15. The van der Waals surface area contributed by atoms with E-state index in [-0.39, 0.29) is 29.7 Å². The van der Waals surface area contributed by atoms with Gasteiger partial charge in [0.15, 0.2) is 9.84 Å². The standard InChI is InChI=1S/C12H22N2O5S/c1-18-4-2-5-19-11-7-14(8-11)12(15)13-10-3-6-20(16,17)9-10/h10-11H,2-9H2,1H3,(H,13,15)/t10-/m1/s1. The number of hydrogen-bond donors (Lipinski definition) is 1. The fraction of sp³-hybridized carbons (Fsp3) is 0.917. The van der Waals surface area contributed by atoms with Crippen molar-refractivity contribution in [2.75, 3.05) is 44.9 Å². The molecule has 2 rings (SSSR count). The second kappa shape index (κ2) is 6.73. The molecule has 116 valence electrons. The zero-order valence-electron chi connectivity index (χ0n) is 11.7. The minimum Gasteiger partial charge on any atom is -0.385 e. The van der Waals surface area contributed by atoms with E-state index in [9.17, 15) is 13.2 Å². The first-order valence-electron chi connectivity index (χ1n) is 6.86. The number of likely N-dealkylation sites (tertiary alicyclic amines) is 1. The fourth-order valence-corrected chi connectivity index (χ4v) is 4.01. The number of ether oxygens (including phenoxy) is 2. The Hall–Kier alpha value is -0.860. The molecule has 0 aromatic heterocycles. The third kappa shape index (κ3) is 4.32. The van der Waals surface area contributed by atoms with Gasteiger partial charge in [0.25, 0.3) is 0 Å². The average molecular weight is 306 g/mol. The van der Waals surface area contributed by atoms with Crippen LogP contribution >= 0.6 is 0 Å². The summed E-state index contributed by atoms with van der Waals surface area (Å²) in [6.07, 6.45) is 1.45. The van der Waals surface area contributed by atoms with E-state index in [0.29, 0.717) is 32.7 Å². The average Bonchev–Trinajstić information content (AvgIpc) is 2.65. The molecule has 0 aromatic rings. The van der Waals surface area contributed by atoms with E-state index < -0.39 is 9.84 Å². The molecule has 1 N–H and O–H groups in total. The van der Waals surface area contributed by atoms with Crippen LogP contribution in [0.15, 0.2) is 0 Å². The fourth-order valence-electron chi connectivity index (χ4n) is 2.34. The number of nitrogens with one attached hydrogen (secondary N) is 1. The summed E-state index contributed by atoms with van der Waals surface area (Å²) in [6, 6.07) is -0.432. The van der Waals surface area contributed by atoms with Crippen molar-refractivity contribution in [2.24, 2.45) is 0 Å². The Morgan fingerprint density at radius 3 is 2.70 bits per heavy atom. The van der Waals surface area contributed by atoms with E-state index in [0.717, 1.165) is 6.42 Å². The molecule has 20 heavy (non-hydrogen) atoms. The highest BCUT2D eigenvalue weighted by molar-refractivity contribution is 7.91. The molecule has 0 spiro atoms. The second-order valence-electron chi connectivity index (χ2n) is 5.29. The Morgan fingerprint density at radius 1 is 1.35 bits per heavy atom. The largest absolute Gasteiger partial charge is 0.385 e. The number of urea groups is 1. The predicted octanol–water partition coefficient (Wildman–Crippen LogP) is -0.380. The molecule has 0 unspecified atom stereocenters. The minimum atomic E-state index is -2.95. The van der Waals surface area contributed by atoms with Crippen LogP contribution in [0.25, 0.3) is 0 Å². The summed E-state index contributed by atoms with van der Waals surface area (Å²) < 4.78 is 33.1. The maximum Gasteiger partial charge on any atom is 0.317 e. The van der Waals surface area contributed by atoms with Gasteiger partial charge in [-0.25, -0.2) is 13.2 Å². The molecule has 2 heterocycles. The first kappa shape index (κ1) is 15.5. The van der Waals surface area contributed by atoms with Crippen LogP contribution in [0.3, 0.4) is 0 Å². The molecule has 1 atom stereocenters. The Balaban J connectivity index is 1.60. The van der Waals surface area contributed by atoms with Crippen LogP contribution in [0.4, 0.5) is 4.79 Å². The summed E-state index contributed by atoms with van der Waals surface area (Å²) in [7, 11) is -1.30. The van der Waals surface area contributed by atoms with E-state index in [2.05, 4.69) is 5.32 Å². The topological polar surface area (TPSA) is 84.9 Å². The monoisotopic (exact) mass is 306 g/mol. The molecule has 2 amide bonds. The smallest absolute Gasteiger partial charge is 0.317 e. The summed E-state index contributed by atoms with van der Waals surface area (Å²) in [5.41, 5.74) is 0. The van der Waals surface area contributed by atoms with Gasteiger partial charge in [-0.3, -0.25) is 0 Å². The maximum atomic E-state index is 11.9. The zero-order chi connectivity index (χ0) is 14.6. The first-order chi connectivity index (χ1) is 9.50. The lowest BCUT2D eigenvalue weighted by Crippen LogP contribution is -2.59. The lowest BCUT2D eigenvalue weighted by atomic mass is 10.2. The van der Waals surface area contributed by atoms with Gasteiger partial charge in [-0.1, -0.05) is 0 Å². The summed E-state index contributed by atoms with van der Waals surface area (Å²) in [6.45, 7) is 2.44. The van der Waals surface area contributed by atoms with Gasteiger partial charge in [-0.2, -0.15) is 0 Å². The van der Waals surface area contributed by atoms with Gasteiger partial charge in [0.2, 0.25) is 0 Å². The molecule has 0 radical (unpaired) electrons. The number of hydrogen-bond acceptors (Lipinski definition) is 5. The van der Waals surface area contributed by atoms with Gasteiger partial charge in [0.1, 0.15) is 0 Å². The SMILES string of the molecule is COCCCOC1CN(C(=O)N[C@@H]2CCS(=O)(=O)C2)C1. The van der Waals surface area contributed by atoms with Gasteiger partial charge < -0.3 is 19.7 Å². The molecular weight excluding hydrogens is 284 g/mol. The third-order valence-electron chi connectivity index (χ3n) is 3.54. The number of amides is 2. The number of rotatable bonds is 6. The Morgan fingerprint density at radius 2 is 2.10 bits per heavy atom. The van der Waals surface area contributed by atoms with Gasteiger partial charge in [-0.05, 0) is 12.8 Å². The van der Waals surface area contributed by atoms with Crippen LogP contribution in [0.2, 0.25) is 0 Å². The highest BCUT2D eigenvalue weighted by atomic mass is 32.2. The predicted molar refractivity (Wildman–Crippen MR) is 73.4 cm³/mol. The minimum absolute atomic E-state index is 0.0591. The normalized spacial score (nSPS) is 25.4. The van der Waals surface area contributed by atoms with Crippen molar-refractivity contribution in [1.29, 1.82) is 0 Å². The van der Waals surface area contributed by atoms with E-state index >= 15 is 0 Å². The van der Waals surface area contributed by atoms with E-state index in [1.54, 1.807) is 12.0 Å². The molecule has 7 nitrogen and oxygen atoms in total. The zero-order valence-corrected chi connectivity index (χ0v) is 12.5. The number of nitrogens with zero attached hydrogens (tertiary/aromatic N) is 1. The van der Waals surface area contributed by atoms with Gasteiger partial charge >= 0.3 is 6.03 Å². The number of methoxy groups -OCH3 is 1. The maximum absolute atomic E-state index is 11.9. The first-order valence-corrected chi connectivity index (χ1v) is 8.69. The van der Waals surface area contributed by atoms with Crippen LogP contribution in [-0.2, 0) is 19.3 Å². The number of carbonyl (C=O) groups is 1. The third-order valence-corrected chi connectivity index (χ3v) is 5.31. The number of carbonyl (C=O) groups excluding carboxylic acids is 1. The molecule has 2 aliphatic rings. The van der Waals surface area contributed by atoms with E-state index in [4.69, 9.17) is 9.47 Å². The van der Waals surface area contributed by atoms with Crippen LogP contribution < -0.4 is 5.32 Å². The van der Waals surface area contributed by atoms with Crippen molar-refractivity contribution in [3.05, 3.63) is 0 Å². The molecule has 2 saturated heterocycles. The summed E-state index contributed by atoms with van der Waals surface area (Å²) >= 11 is 0. The Bertz CT molecular complexity index is 433. The molecule has 8 heteroatoms. The molecule has 2 fully saturated rings. The molecule has 0 aromatic carbocycles. The van der Waals surface area contributed by atoms with Crippen molar-refractivity contribution in [2.45, 2.75) is 25.0 Å². The van der Waals surface area contributed by atoms with Crippen LogP contribution in [0.1, 0.15) is 12.8 Å². The quantitative estimate of drug-likeness (QED) is 0.676. The molecule has 0 saturated carbocycles. The van der Waals surface area contributed by atoms with Crippen molar-refractivity contribution in [3.63, 3.8) is 0 Å². The molecular formula is C12H22N2O5S. The van der Waals surface area contributed by atoms with Crippen molar-refractivity contribution in [1.82, 2.24) is 10.2 Å². The Labute approximate surface area is 119 Å². The van der Waals surface area contributed by atoms with Crippen LogP contribution in [-0.4, -0.2) is 76.4 Å². The lowest BCUT2D eigenvalue weighted by molar-refractivity contribution is -0.0403. The van der Waals surface area contributed by atoms with Gasteiger partial charge in [-0.15, -0.1) is 0 Å². The van der Waals surface area contributed by atoms with E-state index in [1.165, 1.54) is 0 Å². The number of sulfone groups is 1. The molecule has 2 aliphatic heterocycles. The van der Waals surface area contributed by atoms with Gasteiger partial charge in [0.05, 0.1) is 30.7 Å². The molecule has 0 aliphatic carbocycles. The summed E-state index contributed by atoms with van der Waals surface area (Å²) in [4.78, 5) is 13.5. The van der Waals surface area contributed by atoms with Crippen LogP contribution in [0.5, 0.6) is 0 Å². The van der Waals surface area contributed by atoms with Crippen molar-refractivity contribution >= 4 is 15.9 Å². The summed E-state index contributed by atoms with van der Waals surface area (Å²) in [5.74, 6) is 0.229. The second-order valence-corrected chi connectivity index (χ2v) is 7.52. The van der Waals surface area contributed by atoms with Crippen LogP contribution in [0, 0.1) is 0 Å². The molecule has 0 bridgehead atoms. The van der Waals surface area contributed by atoms with E-state index in [1.807, 2.05) is 0 Å². The summed E-state index contributed by atoms with van der Waals surface area (Å²) in [5, 5.41) is 2.77. The van der Waals surface area contributed by atoms with Crippen molar-refractivity contribution < 1.29 is 22.7 Å². The highest BCUT2D eigenvalue weighted by Gasteiger charge is 2.34. The Kier molecular flexibility index (Phi) is 5.22.